The molecule has 0 aliphatic carbocycles. The smallest absolute Gasteiger partial charge is 0.275 e. The van der Waals surface area contributed by atoms with Gasteiger partial charge in [-0.1, -0.05) is 0 Å². The van der Waals surface area contributed by atoms with E-state index in [0.29, 0.717) is 11.6 Å². The number of likely N-dealkylation sites (N-methyl/N-ethyl adjacent to an activating group) is 1. The maximum atomic E-state index is 12.9. The highest BCUT2D eigenvalue weighted by atomic mass is 16.5. The van der Waals surface area contributed by atoms with E-state index in [1.807, 2.05) is 17.3 Å². The summed E-state index contributed by atoms with van der Waals surface area (Å²) in [6.45, 7) is 11.6. The maximum absolute atomic E-state index is 12.9. The number of piperazine rings is 1. The van der Waals surface area contributed by atoms with Crippen molar-refractivity contribution in [3.8, 4) is 22.6 Å². The first-order valence-electron chi connectivity index (χ1n) is 13.2. The molecule has 6 heterocycles. The number of aryl methyl sites for hydroxylation is 2. The lowest BCUT2D eigenvalue weighted by Crippen LogP contribution is -2.67. The van der Waals surface area contributed by atoms with E-state index in [4.69, 9.17) is 9.15 Å². The summed E-state index contributed by atoms with van der Waals surface area (Å²) in [4.78, 5) is 32.0. The molecule has 3 saturated heterocycles. The number of hydrogen-bond donors (Lipinski definition) is 1. The van der Waals surface area contributed by atoms with Crippen molar-refractivity contribution < 1.29 is 13.9 Å². The topological polar surface area (TPSA) is 90.7 Å². The zero-order chi connectivity index (χ0) is 26.0. The monoisotopic (exact) mass is 512 g/mol. The molecule has 1 amide bonds. The van der Waals surface area contributed by atoms with Gasteiger partial charge in [0.05, 0.1) is 24.2 Å². The summed E-state index contributed by atoms with van der Waals surface area (Å²) >= 11 is 0. The van der Waals surface area contributed by atoms with E-state index in [9.17, 15) is 4.79 Å². The van der Waals surface area contributed by atoms with Gasteiger partial charge in [-0.25, -0.2) is 9.97 Å². The van der Waals surface area contributed by atoms with E-state index in [0.717, 1.165) is 80.2 Å². The third-order valence-electron chi connectivity index (χ3n) is 8.28. The lowest BCUT2D eigenvalue weighted by molar-refractivity contribution is -0.176. The van der Waals surface area contributed by atoms with Gasteiger partial charge in [-0.15, -0.1) is 0 Å². The Morgan fingerprint density at radius 2 is 1.76 bits per heavy atom. The molecule has 0 saturated carbocycles. The second-order valence-electron chi connectivity index (χ2n) is 11.3. The molecule has 3 fully saturated rings. The third-order valence-corrected chi connectivity index (χ3v) is 8.28. The van der Waals surface area contributed by atoms with Crippen LogP contribution < -0.4 is 4.90 Å². The molecule has 0 radical (unpaired) electrons. The van der Waals surface area contributed by atoms with Gasteiger partial charge in [0, 0.05) is 68.3 Å². The number of aromatic nitrogens is 3. The van der Waals surface area contributed by atoms with Gasteiger partial charge in [0.15, 0.2) is 5.69 Å². The molecule has 9 heteroatoms. The molecule has 0 unspecified atom stereocenters. The Hall–Kier alpha value is -3.69. The van der Waals surface area contributed by atoms with Gasteiger partial charge in [-0.3, -0.25) is 4.79 Å². The molecule has 7 rings (SSSR count). The first-order chi connectivity index (χ1) is 18.4. The lowest BCUT2D eigenvalue weighted by atomic mass is 9.78. The van der Waals surface area contributed by atoms with Gasteiger partial charge < -0.3 is 28.8 Å². The molecule has 1 aromatic carbocycles. The lowest BCUT2D eigenvalue weighted by Gasteiger charge is -2.54. The number of nitrogens with one attached hydrogen (secondary N) is 1. The molecule has 1 spiro atoms. The second kappa shape index (κ2) is 8.68. The predicted octanol–water partition coefficient (Wildman–Crippen LogP) is 3.73. The van der Waals surface area contributed by atoms with Crippen molar-refractivity contribution in [1.29, 1.82) is 0 Å². The highest BCUT2D eigenvalue weighted by Crippen LogP contribution is 2.39. The zero-order valence-corrected chi connectivity index (χ0v) is 22.1. The summed E-state index contributed by atoms with van der Waals surface area (Å²) in [6, 6.07) is 6.63. The molecule has 0 bridgehead atoms. The largest absolute Gasteiger partial charge is 0.444 e. The van der Waals surface area contributed by atoms with E-state index >= 15 is 0 Å². The van der Waals surface area contributed by atoms with E-state index in [1.165, 1.54) is 23.1 Å². The van der Waals surface area contributed by atoms with Gasteiger partial charge in [0.1, 0.15) is 11.9 Å². The molecule has 0 atom stereocenters. The summed E-state index contributed by atoms with van der Waals surface area (Å²) in [7, 11) is 2.18. The third kappa shape index (κ3) is 3.80. The van der Waals surface area contributed by atoms with Gasteiger partial charge in [-0.2, -0.15) is 0 Å². The van der Waals surface area contributed by atoms with Crippen LogP contribution in [0.15, 0.2) is 41.3 Å². The molecule has 9 nitrogen and oxygen atoms in total. The minimum Gasteiger partial charge on any atom is -0.444 e. The molecule has 4 aromatic rings. The minimum atomic E-state index is -0.0948. The van der Waals surface area contributed by atoms with Crippen molar-refractivity contribution >= 4 is 22.6 Å². The normalized spacial score (nSPS) is 19.1. The van der Waals surface area contributed by atoms with Gasteiger partial charge in [0.25, 0.3) is 5.91 Å². The first-order valence-corrected chi connectivity index (χ1v) is 13.2. The average Bonchev–Trinajstić information content (AvgIpc) is 3.49. The number of pyridine rings is 1. The number of likely N-dealkylation sites (tertiary alicyclic amines) is 1. The van der Waals surface area contributed by atoms with Crippen LogP contribution in [-0.4, -0.2) is 90.2 Å². The number of carbonyl (C=O) groups excluding carboxylic acids is 1. The fourth-order valence-corrected chi connectivity index (χ4v) is 6.13. The van der Waals surface area contributed by atoms with Crippen molar-refractivity contribution in [2.45, 2.75) is 13.8 Å². The molecule has 1 N–H and O–H groups in total. The Kier molecular flexibility index (Phi) is 5.35. The van der Waals surface area contributed by atoms with E-state index in [2.05, 4.69) is 63.8 Å². The fraction of sp³-hybridized carbons (Fsp3) is 0.414. The molecular weight excluding hydrogens is 480 g/mol. The van der Waals surface area contributed by atoms with Crippen LogP contribution in [0.4, 0.5) is 5.69 Å². The number of rotatable bonds is 4. The van der Waals surface area contributed by atoms with Crippen molar-refractivity contribution in [2.24, 2.45) is 5.41 Å². The van der Waals surface area contributed by atoms with E-state index < -0.39 is 0 Å². The van der Waals surface area contributed by atoms with Gasteiger partial charge in [0.2, 0.25) is 5.89 Å². The van der Waals surface area contributed by atoms with Gasteiger partial charge >= 0.3 is 0 Å². The van der Waals surface area contributed by atoms with Gasteiger partial charge in [-0.05, 0) is 55.8 Å². The minimum absolute atomic E-state index is 0.0948. The number of carbonyl (C=O) groups is 1. The number of oxazole rings is 1. The fourth-order valence-electron chi connectivity index (χ4n) is 6.13. The molecule has 3 aliphatic rings. The first kappa shape index (κ1) is 23.4. The zero-order valence-electron chi connectivity index (χ0n) is 22.1. The molecule has 3 aliphatic heterocycles. The summed E-state index contributed by atoms with van der Waals surface area (Å²) < 4.78 is 11.1. The summed E-state index contributed by atoms with van der Waals surface area (Å²) in [6.07, 6.45) is 5.21. The number of aromatic amines is 1. The van der Waals surface area contributed by atoms with Crippen LogP contribution in [-0.2, 0) is 4.74 Å². The Morgan fingerprint density at radius 3 is 2.45 bits per heavy atom. The number of H-pyrrole nitrogens is 1. The Bertz CT molecular complexity index is 1510. The molecular formula is C29H32N6O3. The van der Waals surface area contributed by atoms with Crippen LogP contribution >= 0.6 is 0 Å². The van der Waals surface area contributed by atoms with Crippen molar-refractivity contribution in [2.75, 3.05) is 64.4 Å². The number of fused-ring (bicyclic) bond motifs is 1. The number of anilines is 1. The van der Waals surface area contributed by atoms with Crippen LogP contribution in [0, 0.1) is 19.3 Å². The van der Waals surface area contributed by atoms with Crippen LogP contribution in [0.1, 0.15) is 21.6 Å². The van der Waals surface area contributed by atoms with E-state index in [1.54, 1.807) is 0 Å². The second-order valence-corrected chi connectivity index (χ2v) is 11.3. The van der Waals surface area contributed by atoms with Crippen molar-refractivity contribution in [3.63, 3.8) is 0 Å². The highest BCUT2D eigenvalue weighted by Gasteiger charge is 2.51. The van der Waals surface area contributed by atoms with E-state index in [-0.39, 0.29) is 11.3 Å². The van der Waals surface area contributed by atoms with Crippen LogP contribution in [0.2, 0.25) is 0 Å². The highest BCUT2D eigenvalue weighted by molar-refractivity contribution is 5.96. The Morgan fingerprint density at radius 1 is 1.03 bits per heavy atom. The SMILES string of the molecule is Cc1cc(-c2cnc3[nH]cc(-c4nc(C(=O)N5CC6(COC6)C5)co4)c3c2)cc(C)c1N1CCN(C)CC1. The number of hydrogen-bond acceptors (Lipinski definition) is 7. The standard InChI is InChI=1S/C29H32N6O3/c1-18-8-20(9-19(2)25(18)34-6-4-33(3)5-7-34)21-10-22-23(12-31-26(22)30-11-21)27-32-24(13-38-27)28(36)35-14-29(15-35)16-37-17-29/h8-13H,4-7,14-17H2,1-3H3,(H,30,31). The van der Waals surface area contributed by atoms with Crippen LogP contribution in [0.3, 0.4) is 0 Å². The summed E-state index contributed by atoms with van der Waals surface area (Å²) in [5.74, 6) is 0.320. The molecule has 196 valence electrons. The number of benzene rings is 1. The number of amides is 1. The molecule has 38 heavy (non-hydrogen) atoms. The van der Waals surface area contributed by atoms with Crippen molar-refractivity contribution in [1.82, 2.24) is 24.8 Å². The van der Waals surface area contributed by atoms with Crippen molar-refractivity contribution in [3.05, 3.63) is 53.7 Å². The predicted molar refractivity (Wildman–Crippen MR) is 145 cm³/mol. The molecule has 3 aromatic heterocycles. The Labute approximate surface area is 221 Å². The maximum Gasteiger partial charge on any atom is 0.275 e. The quantitative estimate of drug-likeness (QED) is 0.446. The summed E-state index contributed by atoms with van der Waals surface area (Å²) in [5.41, 5.74) is 8.11. The summed E-state index contributed by atoms with van der Waals surface area (Å²) in [5, 5.41) is 0.913. The average molecular weight is 513 g/mol. The Balaban J connectivity index is 1.16. The van der Waals surface area contributed by atoms with Crippen LogP contribution in [0.25, 0.3) is 33.6 Å². The number of nitrogens with zero attached hydrogens (tertiary/aromatic N) is 5. The van der Waals surface area contributed by atoms with Crippen LogP contribution in [0.5, 0.6) is 0 Å². The number of ether oxygens (including phenoxy) is 1.